The second-order valence-corrected chi connectivity index (χ2v) is 10.6. The largest absolute Gasteiger partial charge is 0.333 e. The van der Waals surface area contributed by atoms with Crippen LogP contribution in [-0.2, 0) is 10.0 Å². The molecule has 0 spiro atoms. The highest BCUT2D eigenvalue weighted by atomic mass is 35.5. The van der Waals surface area contributed by atoms with Crippen molar-refractivity contribution in [3.8, 4) is 5.69 Å². The van der Waals surface area contributed by atoms with Gasteiger partial charge in [0, 0.05) is 5.69 Å². The highest BCUT2D eigenvalue weighted by molar-refractivity contribution is 7.92. The van der Waals surface area contributed by atoms with E-state index in [0.717, 1.165) is 28.0 Å². The molecule has 2 heterocycles. The summed E-state index contributed by atoms with van der Waals surface area (Å²) >= 11 is 12.7. The van der Waals surface area contributed by atoms with E-state index in [9.17, 15) is 27.2 Å². The summed E-state index contributed by atoms with van der Waals surface area (Å²) in [5, 5.41) is 2.12. The molecule has 0 saturated heterocycles. The first-order valence-corrected chi connectivity index (χ1v) is 11.9. The van der Waals surface area contributed by atoms with Crippen LogP contribution in [0.5, 0.6) is 0 Å². The van der Waals surface area contributed by atoms with Crippen molar-refractivity contribution in [1.82, 2.24) is 14.3 Å². The number of hydrogen-bond acceptors (Lipinski definition) is 6. The number of urea groups is 1. The van der Waals surface area contributed by atoms with Crippen molar-refractivity contribution in [1.29, 1.82) is 0 Å². The fourth-order valence-electron chi connectivity index (χ4n) is 2.94. The smallest absolute Gasteiger partial charge is 0.307 e. The summed E-state index contributed by atoms with van der Waals surface area (Å²) in [7, 11) is -4.14. The van der Waals surface area contributed by atoms with Crippen LogP contribution in [0.4, 0.5) is 14.9 Å². The third kappa shape index (κ3) is 4.64. The number of carbonyl (C=O) groups is 1. The first-order chi connectivity index (χ1) is 15.5. The van der Waals surface area contributed by atoms with Gasteiger partial charge in [0.1, 0.15) is 10.0 Å². The number of anilines is 1. The number of halogens is 3. The maximum Gasteiger partial charge on any atom is 0.333 e. The zero-order chi connectivity index (χ0) is 23.9. The fraction of sp³-hybridized carbons (Fsp3) is 0. The van der Waals surface area contributed by atoms with E-state index in [2.05, 4.69) is 10.3 Å². The lowest BCUT2D eigenvalue weighted by Crippen LogP contribution is -2.34. The van der Waals surface area contributed by atoms with E-state index < -0.39 is 33.1 Å². The molecular formula is C19H11Cl2FN4O5S2. The van der Waals surface area contributed by atoms with E-state index in [4.69, 9.17) is 23.2 Å². The van der Waals surface area contributed by atoms with Gasteiger partial charge in [-0.25, -0.2) is 31.7 Å². The Bertz CT molecular complexity index is 1650. The number of aromatic amines is 1. The molecular weight excluding hydrogens is 518 g/mol. The molecule has 0 saturated carbocycles. The number of carbonyl (C=O) groups excluding carboxylic acids is 1. The van der Waals surface area contributed by atoms with Gasteiger partial charge in [-0.1, -0.05) is 23.2 Å². The number of nitrogens with one attached hydrogen (secondary N) is 3. The molecule has 0 aliphatic heterocycles. The molecule has 0 unspecified atom stereocenters. The Balaban J connectivity index is 1.62. The lowest BCUT2D eigenvalue weighted by molar-refractivity contribution is 0.256. The molecule has 0 radical (unpaired) electrons. The summed E-state index contributed by atoms with van der Waals surface area (Å²) in [6.07, 6.45) is 0. The van der Waals surface area contributed by atoms with Crippen LogP contribution < -0.4 is 21.3 Å². The summed E-state index contributed by atoms with van der Waals surface area (Å²) in [5.74, 6) is -0.658. The highest BCUT2D eigenvalue weighted by Crippen LogP contribution is 2.26. The lowest BCUT2D eigenvalue weighted by Gasteiger charge is -2.11. The second kappa shape index (κ2) is 8.63. The molecule has 2 amide bonds. The minimum absolute atomic E-state index is 0.0270. The van der Waals surface area contributed by atoms with Gasteiger partial charge >= 0.3 is 11.7 Å². The van der Waals surface area contributed by atoms with Crippen LogP contribution in [0.3, 0.4) is 0 Å². The number of benzene rings is 2. The molecule has 0 aliphatic carbocycles. The standard InChI is InChI=1S/C19H11Cl2FN4O5S2/c20-12-8-10(23-18(28)25-33(30,31)16-6-5-15(21)32-16)2-4-14(12)26-17(27)11-7-9(22)1-3-13(11)24-19(26)29/h1-8H,(H,24,29)(H2,23,25,28). The minimum atomic E-state index is -4.14. The van der Waals surface area contributed by atoms with Crippen molar-refractivity contribution in [2.45, 2.75) is 4.21 Å². The molecule has 2 aromatic carbocycles. The fourth-order valence-corrected chi connectivity index (χ4v) is 5.60. The molecule has 4 aromatic rings. The molecule has 0 aliphatic rings. The van der Waals surface area contributed by atoms with E-state index in [1.807, 2.05) is 4.72 Å². The molecule has 33 heavy (non-hydrogen) atoms. The zero-order valence-corrected chi connectivity index (χ0v) is 19.2. The molecule has 14 heteroatoms. The van der Waals surface area contributed by atoms with Crippen LogP contribution in [0.1, 0.15) is 0 Å². The van der Waals surface area contributed by atoms with Crippen LogP contribution in [0.25, 0.3) is 16.6 Å². The predicted octanol–water partition coefficient (Wildman–Crippen LogP) is 3.70. The van der Waals surface area contributed by atoms with Crippen molar-refractivity contribution in [2.24, 2.45) is 0 Å². The van der Waals surface area contributed by atoms with Gasteiger partial charge in [-0.05, 0) is 48.5 Å². The Labute approximate surface area is 198 Å². The van der Waals surface area contributed by atoms with E-state index in [1.54, 1.807) is 0 Å². The van der Waals surface area contributed by atoms with E-state index in [0.29, 0.717) is 0 Å². The summed E-state index contributed by atoms with van der Waals surface area (Å²) < 4.78 is 40.6. The van der Waals surface area contributed by atoms with Crippen molar-refractivity contribution in [3.63, 3.8) is 0 Å². The van der Waals surface area contributed by atoms with E-state index in [1.165, 1.54) is 36.4 Å². The van der Waals surface area contributed by atoms with Gasteiger partial charge in [-0.3, -0.25) is 4.79 Å². The van der Waals surface area contributed by atoms with Gasteiger partial charge in [0.2, 0.25) is 0 Å². The SMILES string of the molecule is O=C(Nc1ccc(-n2c(=O)[nH]c3ccc(F)cc3c2=O)c(Cl)c1)NS(=O)(=O)c1ccc(Cl)s1. The number of fused-ring (bicyclic) bond motifs is 1. The predicted molar refractivity (Wildman–Crippen MR) is 124 cm³/mol. The van der Waals surface area contributed by atoms with Crippen LogP contribution in [0.2, 0.25) is 9.36 Å². The van der Waals surface area contributed by atoms with Crippen LogP contribution in [-0.4, -0.2) is 24.0 Å². The number of H-pyrrole nitrogens is 1. The Morgan fingerprint density at radius 2 is 1.82 bits per heavy atom. The Kier molecular flexibility index (Phi) is 6.01. The Morgan fingerprint density at radius 3 is 2.48 bits per heavy atom. The summed E-state index contributed by atoms with van der Waals surface area (Å²) in [4.78, 5) is 39.8. The number of amides is 2. The van der Waals surface area contributed by atoms with Gasteiger partial charge in [0.15, 0.2) is 0 Å². The summed E-state index contributed by atoms with van der Waals surface area (Å²) in [6, 6.07) is 8.70. The molecule has 0 bridgehead atoms. The van der Waals surface area contributed by atoms with Crippen LogP contribution in [0.15, 0.2) is 62.3 Å². The van der Waals surface area contributed by atoms with Gasteiger partial charge in [-0.15, -0.1) is 11.3 Å². The minimum Gasteiger partial charge on any atom is -0.307 e. The van der Waals surface area contributed by atoms with Crippen LogP contribution >= 0.6 is 34.5 Å². The van der Waals surface area contributed by atoms with E-state index >= 15 is 0 Å². The van der Waals surface area contributed by atoms with Gasteiger partial charge in [-0.2, -0.15) is 0 Å². The molecule has 2 aromatic heterocycles. The number of aromatic nitrogens is 2. The molecule has 4 rings (SSSR count). The van der Waals surface area contributed by atoms with Gasteiger partial charge < -0.3 is 10.3 Å². The second-order valence-electron chi connectivity index (χ2n) is 6.54. The molecule has 0 fully saturated rings. The number of thiophene rings is 1. The van der Waals surface area contributed by atoms with Crippen molar-refractivity contribution in [3.05, 3.63) is 84.5 Å². The lowest BCUT2D eigenvalue weighted by atomic mass is 10.2. The third-order valence-corrected chi connectivity index (χ3v) is 7.70. The number of hydrogen-bond donors (Lipinski definition) is 3. The number of nitrogens with zero attached hydrogens (tertiary/aromatic N) is 1. The Morgan fingerprint density at radius 1 is 1.06 bits per heavy atom. The maximum absolute atomic E-state index is 13.6. The van der Waals surface area contributed by atoms with Gasteiger partial charge in [0.25, 0.3) is 15.6 Å². The zero-order valence-electron chi connectivity index (χ0n) is 16.1. The molecule has 170 valence electrons. The molecule has 3 N–H and O–H groups in total. The molecule has 0 atom stereocenters. The van der Waals surface area contributed by atoms with Crippen molar-refractivity contribution < 1.29 is 17.6 Å². The van der Waals surface area contributed by atoms with Crippen molar-refractivity contribution >= 4 is 67.2 Å². The van der Waals surface area contributed by atoms with Crippen LogP contribution in [0, 0.1) is 5.82 Å². The Hall–Kier alpha value is -3.19. The quantitative estimate of drug-likeness (QED) is 0.371. The molecule has 9 nitrogen and oxygen atoms in total. The normalized spacial score (nSPS) is 11.5. The van der Waals surface area contributed by atoms with E-state index in [-0.39, 0.29) is 35.8 Å². The first-order valence-electron chi connectivity index (χ1n) is 8.89. The topological polar surface area (TPSA) is 130 Å². The first kappa shape index (κ1) is 23.0. The average Bonchev–Trinajstić information content (AvgIpc) is 3.17. The maximum atomic E-state index is 13.6. The number of rotatable bonds is 4. The average molecular weight is 529 g/mol. The monoisotopic (exact) mass is 528 g/mol. The summed E-state index contributed by atoms with van der Waals surface area (Å²) in [5.41, 5.74) is -1.39. The summed E-state index contributed by atoms with van der Waals surface area (Å²) in [6.45, 7) is 0. The third-order valence-electron chi connectivity index (χ3n) is 4.35. The van der Waals surface area contributed by atoms with Gasteiger partial charge in [0.05, 0.1) is 25.9 Å². The highest BCUT2D eigenvalue weighted by Gasteiger charge is 2.20. The van der Waals surface area contributed by atoms with Crippen molar-refractivity contribution in [2.75, 3.05) is 5.32 Å². The number of sulfonamides is 1.